The normalized spacial score (nSPS) is 24.1. The molecule has 0 spiro atoms. The Hall–Kier alpha value is -1.35. The summed E-state index contributed by atoms with van der Waals surface area (Å²) in [6.07, 6.45) is 4.11. The van der Waals surface area contributed by atoms with E-state index in [1.165, 1.54) is 6.42 Å². The number of nitrogens with zero attached hydrogens (tertiary/aromatic N) is 1. The van der Waals surface area contributed by atoms with E-state index in [4.69, 9.17) is 4.74 Å². The van der Waals surface area contributed by atoms with Crippen LogP contribution in [0.5, 0.6) is 0 Å². The molecule has 1 aromatic rings. The maximum atomic E-state index is 12.0. The number of halogens is 1. The molecular formula is C19H29IN4O2. The van der Waals surface area contributed by atoms with Crippen molar-refractivity contribution in [1.82, 2.24) is 16.0 Å². The Bertz CT molecular complexity index is 638. The van der Waals surface area contributed by atoms with Crippen molar-refractivity contribution in [2.45, 2.75) is 57.9 Å². The second kappa shape index (κ2) is 10.1. The van der Waals surface area contributed by atoms with Gasteiger partial charge in [0.1, 0.15) is 0 Å². The van der Waals surface area contributed by atoms with E-state index >= 15 is 0 Å². The average Bonchev–Trinajstić information content (AvgIpc) is 3.23. The number of amides is 1. The first-order valence-corrected chi connectivity index (χ1v) is 9.27. The number of benzene rings is 1. The lowest BCUT2D eigenvalue weighted by Crippen LogP contribution is -2.47. The van der Waals surface area contributed by atoms with Crippen molar-refractivity contribution in [3.8, 4) is 0 Å². The van der Waals surface area contributed by atoms with Gasteiger partial charge in [-0.25, -0.2) is 4.99 Å². The van der Waals surface area contributed by atoms with Gasteiger partial charge in [0, 0.05) is 18.7 Å². The molecule has 1 aromatic carbocycles. The van der Waals surface area contributed by atoms with E-state index in [0.717, 1.165) is 30.9 Å². The van der Waals surface area contributed by atoms with Crippen LogP contribution in [0, 0.1) is 0 Å². The van der Waals surface area contributed by atoms with Crippen molar-refractivity contribution in [2.24, 2.45) is 4.99 Å². The molecule has 2 aliphatic heterocycles. The number of carbonyl (C=O) groups is 1. The van der Waals surface area contributed by atoms with Gasteiger partial charge in [-0.15, -0.1) is 24.0 Å². The molecule has 2 saturated heterocycles. The molecule has 2 fully saturated rings. The van der Waals surface area contributed by atoms with Gasteiger partial charge < -0.3 is 20.7 Å². The fraction of sp³-hybridized carbons (Fsp3) is 0.579. The van der Waals surface area contributed by atoms with Gasteiger partial charge in [0.2, 0.25) is 0 Å². The van der Waals surface area contributed by atoms with Crippen LogP contribution in [0.2, 0.25) is 0 Å². The third-order valence-corrected chi connectivity index (χ3v) is 4.72. The third-order valence-electron chi connectivity index (χ3n) is 4.72. The summed E-state index contributed by atoms with van der Waals surface area (Å²) in [6, 6.07) is 7.97. The second-order valence-corrected chi connectivity index (χ2v) is 6.62. The first-order chi connectivity index (χ1) is 12.2. The first-order valence-electron chi connectivity index (χ1n) is 9.27. The molecule has 0 radical (unpaired) electrons. The van der Waals surface area contributed by atoms with Crippen LogP contribution in [0.4, 0.5) is 0 Å². The summed E-state index contributed by atoms with van der Waals surface area (Å²) in [5, 5.41) is 9.64. The fourth-order valence-electron chi connectivity index (χ4n) is 3.53. The summed E-state index contributed by atoms with van der Waals surface area (Å²) in [4.78, 5) is 16.6. The number of carbonyl (C=O) groups excluding carboxylic acids is 1. The molecule has 26 heavy (non-hydrogen) atoms. The molecule has 1 amide bonds. The first kappa shape index (κ1) is 21.0. The molecule has 144 valence electrons. The Labute approximate surface area is 172 Å². The highest BCUT2D eigenvalue weighted by molar-refractivity contribution is 14.0. The zero-order valence-corrected chi connectivity index (χ0v) is 17.8. The quantitative estimate of drug-likeness (QED) is 0.338. The lowest BCUT2D eigenvalue weighted by Gasteiger charge is -2.22. The Balaban J connectivity index is 0.00000243. The van der Waals surface area contributed by atoms with Crippen LogP contribution in [0.1, 0.15) is 49.0 Å². The van der Waals surface area contributed by atoms with Crippen molar-refractivity contribution in [3.05, 3.63) is 35.4 Å². The summed E-state index contributed by atoms with van der Waals surface area (Å²) in [6.45, 7) is 5.95. The predicted octanol–water partition coefficient (Wildman–Crippen LogP) is 2.43. The molecule has 6 nitrogen and oxygen atoms in total. The minimum Gasteiger partial charge on any atom is -0.373 e. The average molecular weight is 472 g/mol. The highest BCUT2D eigenvalue weighted by Crippen LogP contribution is 2.34. The predicted molar refractivity (Wildman–Crippen MR) is 114 cm³/mol. The van der Waals surface area contributed by atoms with Crippen LogP contribution in [0.3, 0.4) is 0 Å². The van der Waals surface area contributed by atoms with E-state index in [1.54, 1.807) is 0 Å². The van der Waals surface area contributed by atoms with Crippen LogP contribution >= 0.6 is 24.0 Å². The lowest BCUT2D eigenvalue weighted by atomic mass is 9.96. The summed E-state index contributed by atoms with van der Waals surface area (Å²) in [7, 11) is 0. The van der Waals surface area contributed by atoms with Crippen molar-refractivity contribution in [1.29, 1.82) is 0 Å². The highest BCUT2D eigenvalue weighted by atomic mass is 127. The Kier molecular flexibility index (Phi) is 8.15. The maximum Gasteiger partial charge on any atom is 0.251 e. The molecule has 3 atom stereocenters. The number of guanidine groups is 1. The fourth-order valence-corrected chi connectivity index (χ4v) is 3.53. The largest absolute Gasteiger partial charge is 0.373 e. The lowest BCUT2D eigenvalue weighted by molar-refractivity contribution is 0.0955. The van der Waals surface area contributed by atoms with Crippen LogP contribution in [-0.4, -0.2) is 43.2 Å². The topological polar surface area (TPSA) is 74.8 Å². The third kappa shape index (κ3) is 5.33. The molecule has 3 N–H and O–H groups in total. The number of nitrogens with one attached hydrogen (secondary N) is 3. The Morgan fingerprint density at radius 2 is 2.04 bits per heavy atom. The summed E-state index contributed by atoms with van der Waals surface area (Å²) in [5.41, 5.74) is 1.69. The minimum absolute atomic E-state index is 0. The van der Waals surface area contributed by atoms with E-state index in [-0.39, 0.29) is 29.9 Å². The van der Waals surface area contributed by atoms with Crippen molar-refractivity contribution in [2.75, 3.05) is 13.1 Å². The number of hydrogen-bond donors (Lipinski definition) is 3. The summed E-state index contributed by atoms with van der Waals surface area (Å²) < 4.78 is 5.90. The molecule has 3 unspecified atom stereocenters. The van der Waals surface area contributed by atoms with Gasteiger partial charge in [-0.3, -0.25) is 4.79 Å². The minimum atomic E-state index is -0.0440. The molecule has 0 aromatic heterocycles. The number of hydrogen-bond acceptors (Lipinski definition) is 3. The van der Waals surface area contributed by atoms with Gasteiger partial charge in [-0.1, -0.05) is 12.1 Å². The van der Waals surface area contributed by atoms with Crippen molar-refractivity contribution >= 4 is 35.8 Å². The smallest absolute Gasteiger partial charge is 0.251 e. The van der Waals surface area contributed by atoms with Crippen LogP contribution in [0.25, 0.3) is 0 Å². The Morgan fingerprint density at radius 1 is 1.23 bits per heavy atom. The van der Waals surface area contributed by atoms with Gasteiger partial charge in [-0.2, -0.15) is 0 Å². The van der Waals surface area contributed by atoms with Gasteiger partial charge in [0.05, 0.1) is 24.8 Å². The zero-order chi connectivity index (χ0) is 17.6. The van der Waals surface area contributed by atoms with Gasteiger partial charge in [0.25, 0.3) is 5.91 Å². The van der Waals surface area contributed by atoms with Gasteiger partial charge in [-0.05, 0) is 50.8 Å². The van der Waals surface area contributed by atoms with E-state index < -0.39 is 0 Å². The number of ether oxygens (including phenoxy) is 1. The molecular weight excluding hydrogens is 443 g/mol. The molecule has 0 saturated carbocycles. The van der Waals surface area contributed by atoms with Crippen LogP contribution in [-0.2, 0) is 11.3 Å². The molecule has 2 aliphatic rings. The van der Waals surface area contributed by atoms with Crippen molar-refractivity contribution < 1.29 is 9.53 Å². The van der Waals surface area contributed by atoms with E-state index in [2.05, 4.69) is 27.9 Å². The van der Waals surface area contributed by atoms with Gasteiger partial charge >= 0.3 is 0 Å². The van der Waals surface area contributed by atoms with E-state index in [9.17, 15) is 4.79 Å². The van der Waals surface area contributed by atoms with Crippen LogP contribution < -0.4 is 16.0 Å². The number of rotatable bonds is 6. The number of aliphatic imine (C=N–C) groups is 1. The second-order valence-electron chi connectivity index (χ2n) is 6.62. The van der Waals surface area contributed by atoms with E-state index in [1.807, 2.05) is 31.2 Å². The molecule has 0 aliphatic carbocycles. The van der Waals surface area contributed by atoms with Gasteiger partial charge in [0.15, 0.2) is 5.96 Å². The molecule has 3 rings (SSSR count). The summed E-state index contributed by atoms with van der Waals surface area (Å²) in [5.74, 6) is 0.768. The highest BCUT2D eigenvalue weighted by Gasteiger charge is 2.41. The molecule has 2 bridgehead atoms. The standard InChI is InChI=1S/C19H28N4O2.HI/c1-3-20-18(24)14-7-5-6-13(10-14)12-22-19(21-4-2)23-16-11-15-8-9-17(16)25-15;/h5-7,10,15-17H,3-4,8-9,11-12H2,1-2H3,(H,20,24)(H2,21,22,23);1H. The SMILES string of the molecule is CCNC(=O)c1cccc(CN=C(NCC)NC2CC3CCC2O3)c1.I. The molecule has 2 heterocycles. The van der Waals surface area contributed by atoms with E-state index in [0.29, 0.717) is 36.9 Å². The van der Waals surface area contributed by atoms with Crippen molar-refractivity contribution in [3.63, 3.8) is 0 Å². The zero-order valence-electron chi connectivity index (χ0n) is 15.5. The maximum absolute atomic E-state index is 12.0. The molecule has 7 heteroatoms. The number of fused-ring (bicyclic) bond motifs is 2. The summed E-state index contributed by atoms with van der Waals surface area (Å²) >= 11 is 0. The Morgan fingerprint density at radius 3 is 2.69 bits per heavy atom. The monoisotopic (exact) mass is 472 g/mol. The van der Waals surface area contributed by atoms with Crippen LogP contribution in [0.15, 0.2) is 29.3 Å².